The summed E-state index contributed by atoms with van der Waals surface area (Å²) in [6, 6.07) is 0. The van der Waals surface area contributed by atoms with Crippen molar-refractivity contribution in [3.05, 3.63) is 43.8 Å². The van der Waals surface area contributed by atoms with Crippen molar-refractivity contribution in [2.45, 2.75) is 26.6 Å². The van der Waals surface area contributed by atoms with Crippen LogP contribution in [0, 0.1) is 6.92 Å². The van der Waals surface area contributed by atoms with Gasteiger partial charge in [0, 0.05) is 41.5 Å². The molecule has 0 saturated carbocycles. The first-order valence-corrected chi connectivity index (χ1v) is 6.64. The average Bonchev–Trinajstić information content (AvgIpc) is 2.80. The topological polar surface area (TPSA) is 98.2 Å². The van der Waals surface area contributed by atoms with Crippen molar-refractivity contribution in [1.82, 2.24) is 15.3 Å². The maximum atomic E-state index is 11.0. The van der Waals surface area contributed by atoms with Gasteiger partial charge in [-0.2, -0.15) is 0 Å². The van der Waals surface area contributed by atoms with Crippen LogP contribution in [-0.4, -0.2) is 20.2 Å². The Morgan fingerprint density at radius 2 is 2.26 bits per heavy atom. The number of H-pyrrole nitrogens is 1. The zero-order valence-corrected chi connectivity index (χ0v) is 11.3. The monoisotopic (exact) mass is 281 g/mol. The number of aliphatic hydroxyl groups is 1. The smallest absolute Gasteiger partial charge is 0.304 e. The summed E-state index contributed by atoms with van der Waals surface area (Å²) in [5.41, 5.74) is 2.55. The van der Waals surface area contributed by atoms with Gasteiger partial charge < -0.3 is 20.5 Å². The Labute approximate surface area is 113 Å². The van der Waals surface area contributed by atoms with Crippen molar-refractivity contribution in [3.8, 4) is 5.75 Å². The van der Waals surface area contributed by atoms with Crippen molar-refractivity contribution in [2.24, 2.45) is 0 Å². The Morgan fingerprint density at radius 1 is 1.47 bits per heavy atom. The lowest BCUT2D eigenvalue weighted by molar-refractivity contribution is 0.278. The predicted molar refractivity (Wildman–Crippen MR) is 72.0 cm³/mol. The lowest BCUT2D eigenvalue weighted by Gasteiger charge is -2.11. The van der Waals surface area contributed by atoms with Gasteiger partial charge in [0.25, 0.3) is 0 Å². The van der Waals surface area contributed by atoms with Gasteiger partial charge in [-0.3, -0.25) is 9.78 Å². The molecule has 0 spiro atoms. The number of aliphatic hydroxyl groups excluding tert-OH is 1. The first-order valence-electron chi connectivity index (χ1n) is 5.76. The zero-order valence-electron chi connectivity index (χ0n) is 10.4. The highest BCUT2D eigenvalue weighted by atomic mass is 32.1. The molecule has 0 aliphatic carbocycles. The molecule has 4 N–H and O–H groups in total. The minimum absolute atomic E-state index is 0.0875. The summed E-state index contributed by atoms with van der Waals surface area (Å²) < 4.78 is 0. The van der Waals surface area contributed by atoms with Gasteiger partial charge in [-0.05, 0) is 6.92 Å². The second-order valence-corrected chi connectivity index (χ2v) is 4.97. The number of aromatic hydroxyl groups is 1. The number of aromatic nitrogens is 2. The fourth-order valence-electron chi connectivity index (χ4n) is 1.74. The van der Waals surface area contributed by atoms with Crippen LogP contribution in [0.15, 0.2) is 16.4 Å². The molecule has 0 fully saturated rings. The highest BCUT2D eigenvalue weighted by Crippen LogP contribution is 2.23. The van der Waals surface area contributed by atoms with Crippen LogP contribution in [-0.2, 0) is 19.7 Å². The van der Waals surface area contributed by atoms with E-state index < -0.39 is 0 Å². The Morgan fingerprint density at radius 3 is 2.89 bits per heavy atom. The maximum absolute atomic E-state index is 11.0. The quantitative estimate of drug-likeness (QED) is 0.644. The van der Waals surface area contributed by atoms with Gasteiger partial charge in [0.1, 0.15) is 5.75 Å². The molecule has 2 heterocycles. The highest BCUT2D eigenvalue weighted by molar-refractivity contribution is 7.07. The molecule has 0 amide bonds. The number of rotatable bonds is 5. The van der Waals surface area contributed by atoms with E-state index in [0.29, 0.717) is 29.9 Å². The molecule has 2 rings (SSSR count). The second-order valence-electron chi connectivity index (χ2n) is 4.13. The normalized spacial score (nSPS) is 10.8. The van der Waals surface area contributed by atoms with E-state index in [4.69, 9.17) is 0 Å². The van der Waals surface area contributed by atoms with Crippen molar-refractivity contribution in [2.75, 3.05) is 0 Å². The SMILES string of the molecule is Cc1ncc(CO)c(CNCc2csc(=O)[nH]2)c1O. The summed E-state index contributed by atoms with van der Waals surface area (Å²) in [6.45, 7) is 2.41. The number of aryl methyl sites for hydroxylation is 1. The third-order valence-electron chi connectivity index (χ3n) is 2.79. The van der Waals surface area contributed by atoms with Gasteiger partial charge in [-0.1, -0.05) is 11.3 Å². The largest absolute Gasteiger partial charge is 0.506 e. The van der Waals surface area contributed by atoms with E-state index in [2.05, 4.69) is 15.3 Å². The molecule has 0 aromatic carbocycles. The third kappa shape index (κ3) is 3.19. The Bertz CT molecular complexity index is 621. The summed E-state index contributed by atoms with van der Waals surface area (Å²) >= 11 is 1.11. The lowest BCUT2D eigenvalue weighted by atomic mass is 10.1. The zero-order chi connectivity index (χ0) is 13.8. The van der Waals surface area contributed by atoms with Crippen LogP contribution in [0.1, 0.15) is 22.5 Å². The van der Waals surface area contributed by atoms with E-state index in [9.17, 15) is 15.0 Å². The standard InChI is InChI=1S/C12H15N3O3S/c1-7-11(17)10(8(5-16)2-14-7)4-13-3-9-6-19-12(18)15-9/h2,6,13,16-17H,3-5H2,1H3,(H,15,18). The molecule has 0 bridgehead atoms. The molecular weight excluding hydrogens is 266 g/mol. The van der Waals surface area contributed by atoms with Gasteiger partial charge in [0.15, 0.2) is 0 Å². The number of nitrogens with one attached hydrogen (secondary N) is 2. The van der Waals surface area contributed by atoms with Gasteiger partial charge in [-0.25, -0.2) is 0 Å². The number of aromatic amines is 1. The number of hydrogen-bond donors (Lipinski definition) is 4. The molecule has 7 heteroatoms. The Kier molecular flexibility index (Phi) is 4.31. The fourth-order valence-corrected chi connectivity index (χ4v) is 2.32. The van der Waals surface area contributed by atoms with E-state index in [0.717, 1.165) is 17.0 Å². The number of pyridine rings is 1. The average molecular weight is 281 g/mol. The van der Waals surface area contributed by atoms with E-state index >= 15 is 0 Å². The number of nitrogens with zero attached hydrogens (tertiary/aromatic N) is 1. The van der Waals surface area contributed by atoms with Crippen molar-refractivity contribution in [3.63, 3.8) is 0 Å². The molecule has 0 atom stereocenters. The molecule has 19 heavy (non-hydrogen) atoms. The van der Waals surface area contributed by atoms with Crippen LogP contribution >= 0.6 is 11.3 Å². The van der Waals surface area contributed by atoms with Crippen molar-refractivity contribution in [1.29, 1.82) is 0 Å². The molecule has 102 valence electrons. The fraction of sp³-hybridized carbons (Fsp3) is 0.333. The van der Waals surface area contributed by atoms with Crippen molar-refractivity contribution < 1.29 is 10.2 Å². The highest BCUT2D eigenvalue weighted by Gasteiger charge is 2.10. The molecule has 2 aromatic rings. The predicted octanol–water partition coefficient (Wildman–Crippen LogP) is 0.628. The molecule has 0 aliphatic heterocycles. The minimum Gasteiger partial charge on any atom is -0.506 e. The van der Waals surface area contributed by atoms with E-state index in [-0.39, 0.29) is 17.2 Å². The molecule has 0 unspecified atom stereocenters. The van der Waals surface area contributed by atoms with E-state index in [1.54, 1.807) is 18.5 Å². The summed E-state index contributed by atoms with van der Waals surface area (Å²) in [5.74, 6) is 0.0952. The van der Waals surface area contributed by atoms with Gasteiger partial charge in [0.2, 0.25) is 0 Å². The summed E-state index contributed by atoms with van der Waals surface area (Å²) in [6.07, 6.45) is 1.55. The summed E-state index contributed by atoms with van der Waals surface area (Å²) in [4.78, 5) is 17.6. The van der Waals surface area contributed by atoms with Gasteiger partial charge in [0.05, 0.1) is 12.3 Å². The van der Waals surface area contributed by atoms with E-state index in [1.807, 2.05) is 0 Å². The molecule has 0 aliphatic rings. The number of thiazole rings is 1. The van der Waals surface area contributed by atoms with Crippen LogP contribution in [0.3, 0.4) is 0 Å². The van der Waals surface area contributed by atoms with Crippen LogP contribution in [0.4, 0.5) is 0 Å². The second kappa shape index (κ2) is 5.96. The molecule has 0 radical (unpaired) electrons. The van der Waals surface area contributed by atoms with E-state index in [1.165, 1.54) is 0 Å². The molecule has 2 aromatic heterocycles. The third-order valence-corrected chi connectivity index (χ3v) is 3.51. The first kappa shape index (κ1) is 13.7. The molecular formula is C12H15N3O3S. The molecule has 0 saturated heterocycles. The first-order chi connectivity index (χ1) is 9.11. The summed E-state index contributed by atoms with van der Waals surface area (Å²) in [5, 5.41) is 24.0. The lowest BCUT2D eigenvalue weighted by Crippen LogP contribution is -2.15. The van der Waals surface area contributed by atoms with Gasteiger partial charge >= 0.3 is 4.87 Å². The Balaban J connectivity index is 2.06. The maximum Gasteiger partial charge on any atom is 0.304 e. The van der Waals surface area contributed by atoms with Gasteiger partial charge in [-0.15, -0.1) is 0 Å². The molecule has 6 nitrogen and oxygen atoms in total. The minimum atomic E-state index is -0.173. The van der Waals surface area contributed by atoms with Crippen LogP contribution < -0.4 is 10.2 Å². The summed E-state index contributed by atoms with van der Waals surface area (Å²) in [7, 11) is 0. The van der Waals surface area contributed by atoms with Crippen molar-refractivity contribution >= 4 is 11.3 Å². The number of hydrogen-bond acceptors (Lipinski definition) is 6. The Hall–Kier alpha value is -1.70. The van der Waals surface area contributed by atoms with Crippen LogP contribution in [0.5, 0.6) is 5.75 Å². The van der Waals surface area contributed by atoms with Crippen LogP contribution in [0.2, 0.25) is 0 Å². The van der Waals surface area contributed by atoms with Crippen LogP contribution in [0.25, 0.3) is 0 Å².